The maximum absolute atomic E-state index is 12.4. The summed E-state index contributed by atoms with van der Waals surface area (Å²) in [5.74, 6) is -2.62. The van der Waals surface area contributed by atoms with Gasteiger partial charge >= 0.3 is 11.9 Å². The third-order valence-corrected chi connectivity index (χ3v) is 9.95. The molecule has 2 aliphatic heterocycles. The summed E-state index contributed by atoms with van der Waals surface area (Å²) in [6, 6.07) is 27.4. The Labute approximate surface area is 253 Å². The topological polar surface area (TPSA) is 91.7 Å². The van der Waals surface area contributed by atoms with Crippen LogP contribution in [0.15, 0.2) is 111 Å². The molecule has 0 amide bonds. The van der Waals surface area contributed by atoms with Crippen molar-refractivity contribution >= 4 is 46.8 Å². The molecule has 0 unspecified atom stereocenters. The third-order valence-electron chi connectivity index (χ3n) is 7.56. The van der Waals surface area contributed by atoms with Gasteiger partial charge in [-0.1, -0.05) is 90.8 Å². The van der Waals surface area contributed by atoms with Crippen LogP contribution in [-0.4, -0.2) is 27.9 Å². The zero-order valence-corrected chi connectivity index (χ0v) is 24.9. The first-order valence-electron chi connectivity index (χ1n) is 13.6. The number of carbonyl (C=O) groups is 3. The molecule has 0 saturated carbocycles. The fourth-order valence-electron chi connectivity index (χ4n) is 4.96. The molecule has 0 fully saturated rings. The number of ketones is 1. The molecule has 2 aliphatic rings. The van der Waals surface area contributed by atoms with Crippen LogP contribution in [0.1, 0.15) is 63.9 Å². The molecule has 0 spiro atoms. The average Bonchev–Trinajstić information content (AvgIpc) is 3.22. The van der Waals surface area contributed by atoms with Gasteiger partial charge in [0, 0.05) is 31.6 Å². The van der Waals surface area contributed by atoms with Gasteiger partial charge in [0.25, 0.3) is 0 Å². The van der Waals surface area contributed by atoms with E-state index in [1.165, 1.54) is 15.4 Å². The summed E-state index contributed by atoms with van der Waals surface area (Å²) in [6.07, 6.45) is 1.08. The van der Waals surface area contributed by atoms with E-state index in [0.717, 1.165) is 49.6 Å². The molecule has 7 heteroatoms. The standard InChI is InChI=1S/C18H16O2S.C17H14O3S/c1-11-9-14-10-13(12(2)18(19)20)7-8-16(14)21-17-6-4-3-5-15(11)17;1-10(17(19)20)11-6-7-15-12(8-11)9-14(18)13-4-2-3-5-16(13)21-15/h3-8,10,12H,1,9H2,2H3,(H,19,20);2-8,10H,9H2,1H3,(H,19,20)/t12-;10-/m01/s1. The summed E-state index contributed by atoms with van der Waals surface area (Å²) in [6.45, 7) is 7.57. The second-order valence-electron chi connectivity index (χ2n) is 10.4. The molecule has 4 aromatic rings. The summed E-state index contributed by atoms with van der Waals surface area (Å²) < 4.78 is 0. The molecule has 2 atom stereocenters. The molecule has 0 saturated heterocycles. The molecule has 0 aromatic heterocycles. The van der Waals surface area contributed by atoms with Crippen LogP contribution in [0, 0.1) is 0 Å². The van der Waals surface area contributed by atoms with E-state index < -0.39 is 23.8 Å². The number of benzene rings is 4. The van der Waals surface area contributed by atoms with Crippen LogP contribution >= 0.6 is 23.5 Å². The van der Waals surface area contributed by atoms with Crippen molar-refractivity contribution in [3.63, 3.8) is 0 Å². The molecule has 4 aromatic carbocycles. The minimum Gasteiger partial charge on any atom is -0.481 e. The molecular weight excluding hydrogens is 565 g/mol. The highest BCUT2D eigenvalue weighted by atomic mass is 32.2. The van der Waals surface area contributed by atoms with E-state index in [1.54, 1.807) is 37.4 Å². The van der Waals surface area contributed by atoms with Crippen LogP contribution < -0.4 is 0 Å². The number of fused-ring (bicyclic) bond motifs is 4. The zero-order chi connectivity index (χ0) is 30.0. The number of carboxylic acids is 2. The van der Waals surface area contributed by atoms with Gasteiger partial charge in [0.2, 0.25) is 0 Å². The highest BCUT2D eigenvalue weighted by Crippen LogP contribution is 2.41. The second-order valence-corrected chi connectivity index (χ2v) is 12.6. The van der Waals surface area contributed by atoms with Gasteiger partial charge in [0.15, 0.2) is 5.78 Å². The molecule has 0 bridgehead atoms. The predicted octanol–water partition coefficient (Wildman–Crippen LogP) is 8.36. The van der Waals surface area contributed by atoms with Gasteiger partial charge in [-0.15, -0.1) is 0 Å². The summed E-state index contributed by atoms with van der Waals surface area (Å²) in [7, 11) is 0. The Hall–Kier alpha value is -4.07. The minimum absolute atomic E-state index is 0.0805. The largest absolute Gasteiger partial charge is 0.481 e. The van der Waals surface area contributed by atoms with Gasteiger partial charge in [0.05, 0.1) is 11.8 Å². The highest BCUT2D eigenvalue weighted by molar-refractivity contribution is 7.99. The Morgan fingerprint density at radius 1 is 0.667 bits per heavy atom. The number of hydrogen-bond acceptors (Lipinski definition) is 5. The lowest BCUT2D eigenvalue weighted by atomic mass is 9.95. The summed E-state index contributed by atoms with van der Waals surface area (Å²) >= 11 is 3.30. The Balaban J connectivity index is 0.000000168. The van der Waals surface area contributed by atoms with Crippen LogP contribution in [0.4, 0.5) is 0 Å². The minimum atomic E-state index is -0.856. The van der Waals surface area contributed by atoms with Crippen molar-refractivity contribution < 1.29 is 24.6 Å². The number of allylic oxidation sites excluding steroid dienone is 1. The molecule has 212 valence electrons. The van der Waals surface area contributed by atoms with Crippen LogP contribution in [0.2, 0.25) is 0 Å². The van der Waals surface area contributed by atoms with Crippen molar-refractivity contribution in [1.82, 2.24) is 0 Å². The van der Waals surface area contributed by atoms with Crippen molar-refractivity contribution in [1.29, 1.82) is 0 Å². The van der Waals surface area contributed by atoms with Crippen LogP contribution in [-0.2, 0) is 22.4 Å². The van der Waals surface area contributed by atoms with E-state index in [9.17, 15) is 14.4 Å². The lowest BCUT2D eigenvalue weighted by Crippen LogP contribution is -2.09. The maximum atomic E-state index is 12.4. The number of hydrogen-bond donors (Lipinski definition) is 2. The quantitative estimate of drug-likeness (QED) is 0.245. The Bertz CT molecular complexity index is 1600. The van der Waals surface area contributed by atoms with Gasteiger partial charge in [-0.05, 0) is 77.9 Å². The molecule has 2 heterocycles. The lowest BCUT2D eigenvalue weighted by molar-refractivity contribution is -0.139. The van der Waals surface area contributed by atoms with E-state index in [4.69, 9.17) is 10.2 Å². The molecular formula is C35H30O5S2. The number of carboxylic acid groups (broad SMARTS) is 2. The molecule has 0 aliphatic carbocycles. The SMILES string of the molecule is C=C1Cc2cc([C@H](C)C(=O)O)ccc2Sc2ccccc21.C[C@@H](C(=O)O)c1ccc2c(c1)CC(=O)c1ccccc1S2. The average molecular weight is 595 g/mol. The first-order chi connectivity index (χ1) is 20.1. The normalized spacial score (nSPS) is 14.8. The van der Waals surface area contributed by atoms with Crippen molar-refractivity contribution in [3.8, 4) is 0 Å². The first-order valence-corrected chi connectivity index (χ1v) is 15.2. The van der Waals surface area contributed by atoms with Gasteiger partial charge < -0.3 is 10.2 Å². The van der Waals surface area contributed by atoms with Gasteiger partial charge in [0.1, 0.15) is 0 Å². The van der Waals surface area contributed by atoms with Gasteiger partial charge in [-0.3, -0.25) is 14.4 Å². The van der Waals surface area contributed by atoms with E-state index in [0.29, 0.717) is 6.42 Å². The number of Topliss-reactive ketones (excluding diaryl/α,β-unsaturated/α-hetero) is 1. The van der Waals surface area contributed by atoms with Crippen molar-refractivity contribution in [2.24, 2.45) is 0 Å². The van der Waals surface area contributed by atoms with Gasteiger partial charge in [-0.2, -0.15) is 0 Å². The molecule has 2 N–H and O–H groups in total. The Morgan fingerprint density at radius 3 is 1.64 bits per heavy atom. The van der Waals surface area contributed by atoms with E-state index in [1.807, 2.05) is 72.8 Å². The summed E-state index contributed by atoms with van der Waals surface area (Å²) in [5.41, 5.74) is 6.66. The fourth-order valence-corrected chi connectivity index (χ4v) is 7.14. The van der Waals surface area contributed by atoms with Crippen molar-refractivity contribution in [2.45, 2.75) is 58.1 Å². The predicted molar refractivity (Wildman–Crippen MR) is 167 cm³/mol. The Kier molecular flexibility index (Phi) is 8.71. The fraction of sp³-hybridized carbons (Fsp3) is 0.171. The highest BCUT2D eigenvalue weighted by Gasteiger charge is 2.23. The third kappa shape index (κ3) is 6.22. The number of rotatable bonds is 4. The summed E-state index contributed by atoms with van der Waals surface area (Å²) in [5, 5.41) is 18.3. The van der Waals surface area contributed by atoms with Gasteiger partial charge in [-0.25, -0.2) is 0 Å². The zero-order valence-electron chi connectivity index (χ0n) is 23.3. The lowest BCUT2D eigenvalue weighted by Gasteiger charge is -2.11. The van der Waals surface area contributed by atoms with E-state index in [-0.39, 0.29) is 5.78 Å². The molecule has 6 rings (SSSR count). The van der Waals surface area contributed by atoms with Crippen LogP contribution in [0.5, 0.6) is 0 Å². The smallest absolute Gasteiger partial charge is 0.310 e. The van der Waals surface area contributed by atoms with Crippen LogP contribution in [0.25, 0.3) is 5.57 Å². The summed E-state index contributed by atoms with van der Waals surface area (Å²) in [4.78, 5) is 39.0. The number of carbonyl (C=O) groups excluding carboxylic acids is 1. The van der Waals surface area contributed by atoms with Crippen LogP contribution in [0.3, 0.4) is 0 Å². The molecule has 42 heavy (non-hydrogen) atoms. The van der Waals surface area contributed by atoms with E-state index >= 15 is 0 Å². The van der Waals surface area contributed by atoms with Crippen molar-refractivity contribution in [2.75, 3.05) is 0 Å². The number of aliphatic carboxylic acids is 2. The molecule has 5 nitrogen and oxygen atoms in total. The monoisotopic (exact) mass is 594 g/mol. The Morgan fingerprint density at radius 2 is 1.12 bits per heavy atom. The van der Waals surface area contributed by atoms with Crippen molar-refractivity contribution in [3.05, 3.63) is 125 Å². The second kappa shape index (κ2) is 12.4. The first kappa shape index (κ1) is 29.4. The maximum Gasteiger partial charge on any atom is 0.310 e. The van der Waals surface area contributed by atoms with E-state index in [2.05, 4.69) is 18.7 Å². The molecule has 0 radical (unpaired) electrons.